The maximum absolute atomic E-state index is 12.6. The van der Waals surface area contributed by atoms with E-state index in [1.54, 1.807) is 18.3 Å². The van der Waals surface area contributed by atoms with E-state index >= 15 is 0 Å². The minimum Gasteiger partial charge on any atom is -0.370 e. The zero-order chi connectivity index (χ0) is 17.4. The molecule has 2 amide bonds. The second kappa shape index (κ2) is 6.01. The van der Waals surface area contributed by atoms with E-state index in [1.807, 2.05) is 4.90 Å². The Morgan fingerprint density at radius 1 is 1.00 bits per heavy atom. The maximum atomic E-state index is 12.6. The summed E-state index contributed by atoms with van der Waals surface area (Å²) in [5.74, 6) is -2.02. The molecule has 1 aromatic heterocycles. The molecule has 1 aromatic carbocycles. The second-order valence-corrected chi connectivity index (χ2v) is 5.92. The third kappa shape index (κ3) is 2.53. The summed E-state index contributed by atoms with van der Waals surface area (Å²) in [5.41, 5.74) is 1.40. The van der Waals surface area contributed by atoms with Crippen molar-refractivity contribution in [1.29, 1.82) is 0 Å². The van der Waals surface area contributed by atoms with E-state index in [0.29, 0.717) is 10.8 Å². The highest BCUT2D eigenvalue weighted by Gasteiger charge is 2.39. The van der Waals surface area contributed by atoms with Gasteiger partial charge in [-0.2, -0.15) is 0 Å². The summed E-state index contributed by atoms with van der Waals surface area (Å²) in [6.45, 7) is 1.66. The Bertz CT molecular complexity index is 839. The van der Waals surface area contributed by atoms with Crippen LogP contribution in [0.1, 0.15) is 43.9 Å². The molecule has 3 heterocycles. The summed E-state index contributed by atoms with van der Waals surface area (Å²) >= 11 is 0. The zero-order valence-electron chi connectivity index (χ0n) is 13.3. The molecule has 0 aliphatic carbocycles. The zero-order valence-corrected chi connectivity index (χ0v) is 13.3. The van der Waals surface area contributed by atoms with Crippen LogP contribution in [0.3, 0.4) is 0 Å². The summed E-state index contributed by atoms with van der Waals surface area (Å²) in [4.78, 5) is 48.5. The summed E-state index contributed by atoms with van der Waals surface area (Å²) < 4.78 is 0. The van der Waals surface area contributed by atoms with Gasteiger partial charge in [-0.25, -0.2) is 4.79 Å². The minimum absolute atomic E-state index is 0.231. The fraction of sp³-hybridized carbons (Fsp3) is 0.222. The van der Waals surface area contributed by atoms with E-state index in [9.17, 15) is 14.4 Å². The highest BCUT2D eigenvalue weighted by atomic mass is 16.7. The van der Waals surface area contributed by atoms with E-state index < -0.39 is 17.8 Å². The molecule has 0 bridgehead atoms. The summed E-state index contributed by atoms with van der Waals surface area (Å²) in [6, 6.07) is 7.92. The lowest BCUT2D eigenvalue weighted by Crippen LogP contribution is -2.33. The molecule has 126 valence electrons. The van der Waals surface area contributed by atoms with Crippen LogP contribution in [0, 0.1) is 0 Å². The van der Waals surface area contributed by atoms with Crippen molar-refractivity contribution in [3.63, 3.8) is 0 Å². The molecule has 1 saturated heterocycles. The minimum atomic E-state index is -0.751. The van der Waals surface area contributed by atoms with Crippen molar-refractivity contribution in [2.24, 2.45) is 0 Å². The number of anilines is 1. The SMILES string of the molecule is O=C(ON1C(=O)c2ccccc2C1=O)c1ccncc1N1CCCC1. The van der Waals surface area contributed by atoms with Crippen LogP contribution in [0.4, 0.5) is 5.69 Å². The van der Waals surface area contributed by atoms with Crippen molar-refractivity contribution in [2.45, 2.75) is 12.8 Å². The van der Waals surface area contributed by atoms with Crippen LogP contribution in [0.25, 0.3) is 0 Å². The molecule has 2 aliphatic heterocycles. The maximum Gasteiger partial charge on any atom is 0.366 e. The van der Waals surface area contributed by atoms with Crippen LogP contribution in [0.15, 0.2) is 42.7 Å². The average molecular weight is 337 g/mol. The van der Waals surface area contributed by atoms with E-state index in [2.05, 4.69) is 4.98 Å². The van der Waals surface area contributed by atoms with Crippen molar-refractivity contribution in [1.82, 2.24) is 10.0 Å². The standard InChI is InChI=1S/C18H15N3O4/c22-16-12-5-1-2-6-13(12)17(23)21(16)25-18(24)14-7-8-19-11-15(14)20-9-3-4-10-20/h1-2,5-8,11H,3-4,9-10H2. The highest BCUT2D eigenvalue weighted by Crippen LogP contribution is 2.27. The van der Waals surface area contributed by atoms with Gasteiger partial charge in [-0.05, 0) is 31.0 Å². The second-order valence-electron chi connectivity index (χ2n) is 5.92. The number of hydroxylamine groups is 2. The van der Waals surface area contributed by atoms with Crippen LogP contribution in [0.2, 0.25) is 0 Å². The molecule has 1 fully saturated rings. The Labute approximate surface area is 143 Å². The first-order valence-electron chi connectivity index (χ1n) is 8.06. The first kappa shape index (κ1) is 15.3. The number of rotatable bonds is 3. The van der Waals surface area contributed by atoms with Crippen LogP contribution >= 0.6 is 0 Å². The molecule has 0 N–H and O–H groups in total. The van der Waals surface area contributed by atoms with E-state index in [-0.39, 0.29) is 16.7 Å². The number of hydrogen-bond acceptors (Lipinski definition) is 6. The van der Waals surface area contributed by atoms with E-state index in [4.69, 9.17) is 4.84 Å². The Kier molecular flexibility index (Phi) is 3.68. The molecule has 0 saturated carbocycles. The fourth-order valence-electron chi connectivity index (χ4n) is 3.15. The van der Waals surface area contributed by atoms with Crippen molar-refractivity contribution in [3.05, 3.63) is 59.4 Å². The van der Waals surface area contributed by atoms with Crippen LogP contribution in [0.5, 0.6) is 0 Å². The van der Waals surface area contributed by atoms with Gasteiger partial charge in [0.1, 0.15) is 0 Å². The number of imide groups is 1. The molecule has 2 aliphatic rings. The molecule has 0 unspecified atom stereocenters. The van der Waals surface area contributed by atoms with Gasteiger partial charge in [-0.3, -0.25) is 14.6 Å². The number of fused-ring (bicyclic) bond motifs is 1. The molecule has 0 atom stereocenters. The van der Waals surface area contributed by atoms with Crippen LogP contribution in [-0.2, 0) is 4.84 Å². The normalized spacial score (nSPS) is 16.3. The predicted octanol–water partition coefficient (Wildman–Crippen LogP) is 2.05. The largest absolute Gasteiger partial charge is 0.370 e. The quantitative estimate of drug-likeness (QED) is 0.798. The lowest BCUT2D eigenvalue weighted by molar-refractivity contribution is -0.0584. The molecular weight excluding hydrogens is 322 g/mol. The lowest BCUT2D eigenvalue weighted by Gasteiger charge is -2.20. The summed E-state index contributed by atoms with van der Waals surface area (Å²) in [6.07, 6.45) is 5.17. The van der Waals surface area contributed by atoms with Gasteiger partial charge in [0.15, 0.2) is 0 Å². The van der Waals surface area contributed by atoms with E-state index in [1.165, 1.54) is 24.4 Å². The number of nitrogens with zero attached hydrogens (tertiary/aromatic N) is 3. The van der Waals surface area contributed by atoms with Crippen molar-refractivity contribution in [2.75, 3.05) is 18.0 Å². The highest BCUT2D eigenvalue weighted by molar-refractivity contribution is 6.21. The summed E-state index contributed by atoms with van der Waals surface area (Å²) in [7, 11) is 0. The van der Waals surface area contributed by atoms with Gasteiger partial charge in [0, 0.05) is 19.3 Å². The first-order chi connectivity index (χ1) is 12.2. The molecule has 7 heteroatoms. The smallest absolute Gasteiger partial charge is 0.366 e. The molecule has 25 heavy (non-hydrogen) atoms. The fourth-order valence-corrected chi connectivity index (χ4v) is 3.15. The molecule has 0 radical (unpaired) electrons. The van der Waals surface area contributed by atoms with Gasteiger partial charge in [-0.15, -0.1) is 0 Å². The number of hydrogen-bond donors (Lipinski definition) is 0. The van der Waals surface area contributed by atoms with Gasteiger partial charge in [0.2, 0.25) is 0 Å². The van der Waals surface area contributed by atoms with Gasteiger partial charge in [0.05, 0.1) is 28.6 Å². The van der Waals surface area contributed by atoms with Crippen molar-refractivity contribution < 1.29 is 19.2 Å². The molecular formula is C18H15N3O4. The van der Waals surface area contributed by atoms with Gasteiger partial charge in [0.25, 0.3) is 11.8 Å². The number of amides is 2. The van der Waals surface area contributed by atoms with Gasteiger partial charge < -0.3 is 9.74 Å². The Morgan fingerprint density at radius 3 is 2.28 bits per heavy atom. The Morgan fingerprint density at radius 2 is 1.64 bits per heavy atom. The van der Waals surface area contributed by atoms with Gasteiger partial charge >= 0.3 is 5.97 Å². The van der Waals surface area contributed by atoms with Gasteiger partial charge in [-0.1, -0.05) is 17.2 Å². The van der Waals surface area contributed by atoms with Crippen molar-refractivity contribution >= 4 is 23.5 Å². The Balaban J connectivity index is 1.60. The first-order valence-corrected chi connectivity index (χ1v) is 8.06. The summed E-state index contributed by atoms with van der Waals surface area (Å²) in [5, 5.41) is 0.529. The molecule has 4 rings (SSSR count). The number of carbonyl (C=O) groups excluding carboxylic acids is 3. The average Bonchev–Trinajstić information content (AvgIpc) is 3.26. The van der Waals surface area contributed by atoms with E-state index in [0.717, 1.165) is 25.9 Å². The molecule has 7 nitrogen and oxygen atoms in total. The molecule has 0 spiro atoms. The third-order valence-electron chi connectivity index (χ3n) is 4.40. The number of aromatic nitrogens is 1. The molecule has 2 aromatic rings. The lowest BCUT2D eigenvalue weighted by atomic mass is 10.1. The number of benzene rings is 1. The predicted molar refractivity (Wildman–Crippen MR) is 88.0 cm³/mol. The number of carbonyl (C=O) groups is 3. The Hall–Kier alpha value is -3.22. The topological polar surface area (TPSA) is 79.8 Å². The third-order valence-corrected chi connectivity index (χ3v) is 4.40. The van der Waals surface area contributed by atoms with Crippen LogP contribution < -0.4 is 4.90 Å². The number of pyridine rings is 1. The monoisotopic (exact) mass is 337 g/mol. The van der Waals surface area contributed by atoms with Crippen LogP contribution in [-0.4, -0.2) is 40.9 Å². The van der Waals surface area contributed by atoms with Crippen molar-refractivity contribution in [3.8, 4) is 0 Å².